The van der Waals surface area contributed by atoms with Crippen LogP contribution in [-0.4, -0.2) is 31.5 Å². The monoisotopic (exact) mass is 362 g/mol. The average molecular weight is 363 g/mol. The summed E-state index contributed by atoms with van der Waals surface area (Å²) >= 11 is 5.74. The van der Waals surface area contributed by atoms with E-state index < -0.39 is 17.8 Å². The van der Waals surface area contributed by atoms with Gasteiger partial charge < -0.3 is 9.47 Å². The van der Waals surface area contributed by atoms with Crippen molar-refractivity contribution in [2.45, 2.75) is 0 Å². The largest absolute Gasteiger partial charge is 0.484 e. The Bertz CT molecular complexity index is 760. The highest BCUT2D eigenvalue weighted by Gasteiger charge is 2.10. The van der Waals surface area contributed by atoms with Crippen LogP contribution in [0.3, 0.4) is 0 Å². The number of hydrogen-bond donors (Lipinski definition) is 2. The molecule has 0 radical (unpaired) electrons. The van der Waals surface area contributed by atoms with Gasteiger partial charge >= 0.3 is 5.97 Å². The Balaban J connectivity index is 1.79. The lowest BCUT2D eigenvalue weighted by Gasteiger charge is -2.09. The molecular weight excluding hydrogens is 348 g/mol. The molecule has 0 aliphatic heterocycles. The molecule has 2 aromatic rings. The first kappa shape index (κ1) is 18.3. The van der Waals surface area contributed by atoms with Gasteiger partial charge in [0, 0.05) is 10.6 Å². The number of nitrogens with one attached hydrogen (secondary N) is 2. The summed E-state index contributed by atoms with van der Waals surface area (Å²) in [4.78, 5) is 34.9. The van der Waals surface area contributed by atoms with E-state index in [0.717, 1.165) is 0 Å². The molecule has 2 N–H and O–H groups in total. The number of amides is 2. The van der Waals surface area contributed by atoms with Crippen LogP contribution in [0, 0.1) is 0 Å². The van der Waals surface area contributed by atoms with Gasteiger partial charge in [-0.3, -0.25) is 20.4 Å². The van der Waals surface area contributed by atoms with Crippen LogP contribution in [-0.2, 0) is 9.53 Å². The summed E-state index contributed by atoms with van der Waals surface area (Å²) in [5, 5.41) is 0.558. The third kappa shape index (κ3) is 5.50. The summed E-state index contributed by atoms with van der Waals surface area (Å²) in [5.41, 5.74) is 5.07. The second-order valence-corrected chi connectivity index (χ2v) is 5.25. The Morgan fingerprint density at radius 1 is 0.920 bits per heavy atom. The van der Waals surface area contributed by atoms with Crippen molar-refractivity contribution < 1.29 is 23.9 Å². The van der Waals surface area contributed by atoms with E-state index in [2.05, 4.69) is 15.6 Å². The predicted octanol–water partition coefficient (Wildman–Crippen LogP) is 1.97. The van der Waals surface area contributed by atoms with Gasteiger partial charge in [-0.25, -0.2) is 4.79 Å². The summed E-state index contributed by atoms with van der Waals surface area (Å²) in [7, 11) is 1.27. The van der Waals surface area contributed by atoms with Crippen LogP contribution < -0.4 is 15.6 Å². The van der Waals surface area contributed by atoms with Crippen LogP contribution in [0.1, 0.15) is 20.7 Å². The molecule has 8 heteroatoms. The SMILES string of the molecule is COC(=O)c1ccc(C(=O)NNC(=O)COc2ccc(Cl)cc2)cc1. The van der Waals surface area contributed by atoms with E-state index in [1.807, 2.05) is 0 Å². The number of benzene rings is 2. The number of rotatable bonds is 5. The Morgan fingerprint density at radius 3 is 2.12 bits per heavy atom. The minimum atomic E-state index is -0.533. The number of methoxy groups -OCH3 is 1. The number of halogens is 1. The second-order valence-electron chi connectivity index (χ2n) is 4.81. The van der Waals surface area contributed by atoms with Crippen molar-refractivity contribution in [1.82, 2.24) is 10.9 Å². The van der Waals surface area contributed by atoms with Crippen LogP contribution in [0.5, 0.6) is 5.75 Å². The molecule has 0 saturated heterocycles. The van der Waals surface area contributed by atoms with E-state index in [4.69, 9.17) is 16.3 Å². The summed E-state index contributed by atoms with van der Waals surface area (Å²) < 4.78 is 9.81. The lowest BCUT2D eigenvalue weighted by molar-refractivity contribution is -0.123. The van der Waals surface area contributed by atoms with Crippen molar-refractivity contribution in [2.24, 2.45) is 0 Å². The minimum Gasteiger partial charge on any atom is -0.484 e. The summed E-state index contributed by atoms with van der Waals surface area (Å²) in [5.74, 6) is -1.09. The van der Waals surface area contributed by atoms with Gasteiger partial charge in [0.1, 0.15) is 5.75 Å². The molecular formula is C17H15ClN2O5. The van der Waals surface area contributed by atoms with Crippen LogP contribution >= 0.6 is 11.6 Å². The third-order valence-corrected chi connectivity index (χ3v) is 3.32. The lowest BCUT2D eigenvalue weighted by Crippen LogP contribution is -2.43. The molecule has 7 nitrogen and oxygen atoms in total. The van der Waals surface area contributed by atoms with Crippen molar-refractivity contribution in [1.29, 1.82) is 0 Å². The van der Waals surface area contributed by atoms with Gasteiger partial charge in [0.25, 0.3) is 11.8 Å². The highest BCUT2D eigenvalue weighted by Crippen LogP contribution is 2.15. The Labute approximate surface area is 148 Å². The van der Waals surface area contributed by atoms with Gasteiger partial charge in [-0.1, -0.05) is 11.6 Å². The molecule has 0 atom stereocenters. The second kappa shape index (κ2) is 8.70. The van der Waals surface area contributed by atoms with Gasteiger partial charge in [-0.05, 0) is 48.5 Å². The fraction of sp³-hybridized carbons (Fsp3) is 0.118. The van der Waals surface area contributed by atoms with E-state index in [9.17, 15) is 14.4 Å². The number of hydrogen-bond acceptors (Lipinski definition) is 5. The van der Waals surface area contributed by atoms with E-state index >= 15 is 0 Å². The summed E-state index contributed by atoms with van der Waals surface area (Å²) in [6.07, 6.45) is 0. The standard InChI is InChI=1S/C17H15ClN2O5/c1-24-17(23)12-4-2-11(3-5-12)16(22)20-19-15(21)10-25-14-8-6-13(18)7-9-14/h2-9H,10H2,1H3,(H,19,21)(H,20,22). The molecule has 0 spiro atoms. The molecule has 130 valence electrons. The van der Waals surface area contributed by atoms with Gasteiger partial charge in [0.05, 0.1) is 12.7 Å². The molecule has 2 rings (SSSR count). The molecule has 0 bridgehead atoms. The minimum absolute atomic E-state index is 0.270. The maximum atomic E-state index is 11.9. The molecule has 0 fully saturated rings. The number of carbonyl (C=O) groups is 3. The van der Waals surface area contributed by atoms with Gasteiger partial charge in [-0.2, -0.15) is 0 Å². The maximum Gasteiger partial charge on any atom is 0.337 e. The van der Waals surface area contributed by atoms with E-state index in [-0.39, 0.29) is 12.2 Å². The zero-order valence-electron chi connectivity index (χ0n) is 13.2. The normalized spacial score (nSPS) is 9.84. The molecule has 2 aromatic carbocycles. The first-order chi connectivity index (χ1) is 12.0. The zero-order valence-corrected chi connectivity index (χ0v) is 14.0. The number of esters is 1. The molecule has 0 heterocycles. The fourth-order valence-electron chi connectivity index (χ4n) is 1.79. The summed E-state index contributed by atoms with van der Waals surface area (Å²) in [6.45, 7) is -0.275. The number of carbonyl (C=O) groups excluding carboxylic acids is 3. The van der Waals surface area contributed by atoms with Crippen LogP contribution in [0.15, 0.2) is 48.5 Å². The highest BCUT2D eigenvalue weighted by atomic mass is 35.5. The van der Waals surface area contributed by atoms with Crippen molar-refractivity contribution in [3.8, 4) is 5.75 Å². The predicted molar refractivity (Wildman–Crippen MR) is 90.3 cm³/mol. The van der Waals surface area contributed by atoms with Crippen molar-refractivity contribution in [3.05, 3.63) is 64.7 Å². The number of hydrazine groups is 1. The van der Waals surface area contributed by atoms with E-state index in [1.54, 1.807) is 24.3 Å². The van der Waals surface area contributed by atoms with Crippen LogP contribution in [0.4, 0.5) is 0 Å². The molecule has 0 unspecified atom stereocenters. The molecule has 0 aromatic heterocycles. The molecule has 25 heavy (non-hydrogen) atoms. The van der Waals surface area contributed by atoms with E-state index in [1.165, 1.54) is 31.4 Å². The maximum absolute atomic E-state index is 11.9. The first-order valence-corrected chi connectivity index (χ1v) is 7.53. The summed E-state index contributed by atoms with van der Waals surface area (Å²) in [6, 6.07) is 12.3. The quantitative estimate of drug-likeness (QED) is 0.626. The van der Waals surface area contributed by atoms with Crippen LogP contribution in [0.2, 0.25) is 5.02 Å². The molecule has 0 aliphatic rings. The lowest BCUT2D eigenvalue weighted by atomic mass is 10.1. The van der Waals surface area contributed by atoms with Crippen molar-refractivity contribution >= 4 is 29.4 Å². The van der Waals surface area contributed by atoms with Crippen LogP contribution in [0.25, 0.3) is 0 Å². The molecule has 0 saturated carbocycles. The molecule has 2 amide bonds. The zero-order chi connectivity index (χ0) is 18.2. The average Bonchev–Trinajstić information content (AvgIpc) is 2.65. The Kier molecular flexibility index (Phi) is 6.36. The smallest absolute Gasteiger partial charge is 0.337 e. The molecule has 0 aliphatic carbocycles. The first-order valence-electron chi connectivity index (χ1n) is 7.15. The highest BCUT2D eigenvalue weighted by molar-refractivity contribution is 6.30. The number of ether oxygens (including phenoxy) is 2. The topological polar surface area (TPSA) is 93.7 Å². The van der Waals surface area contributed by atoms with Gasteiger partial charge in [0.15, 0.2) is 6.61 Å². The Hall–Kier alpha value is -3.06. The van der Waals surface area contributed by atoms with Gasteiger partial charge in [-0.15, -0.1) is 0 Å². The Morgan fingerprint density at radius 2 is 1.52 bits per heavy atom. The fourth-order valence-corrected chi connectivity index (χ4v) is 1.92. The van der Waals surface area contributed by atoms with Crippen molar-refractivity contribution in [3.63, 3.8) is 0 Å². The van der Waals surface area contributed by atoms with Crippen molar-refractivity contribution in [2.75, 3.05) is 13.7 Å². The van der Waals surface area contributed by atoms with Gasteiger partial charge in [0.2, 0.25) is 0 Å². The third-order valence-electron chi connectivity index (χ3n) is 3.07. The van der Waals surface area contributed by atoms with E-state index in [0.29, 0.717) is 16.3 Å².